The van der Waals surface area contributed by atoms with Crippen LogP contribution in [-0.4, -0.2) is 65.6 Å². The lowest BCUT2D eigenvalue weighted by molar-refractivity contribution is -0.0770. The van der Waals surface area contributed by atoms with Crippen LogP contribution in [0, 0.1) is 0 Å². The van der Waals surface area contributed by atoms with Gasteiger partial charge in [0, 0.05) is 25.2 Å². The second-order valence-electron chi connectivity index (χ2n) is 6.83. The second kappa shape index (κ2) is 6.64. The number of rotatable bonds is 3. The van der Waals surface area contributed by atoms with Crippen LogP contribution in [0.15, 0.2) is 24.4 Å². The van der Waals surface area contributed by atoms with E-state index >= 15 is 0 Å². The minimum atomic E-state index is -3.24. The predicted octanol–water partition coefficient (Wildman–Crippen LogP) is 1.25. The van der Waals surface area contributed by atoms with Gasteiger partial charge in [0.2, 0.25) is 10.0 Å². The van der Waals surface area contributed by atoms with Gasteiger partial charge in [-0.05, 0) is 31.4 Å². The van der Waals surface area contributed by atoms with Crippen molar-refractivity contribution < 1.29 is 18.0 Å². The third kappa shape index (κ3) is 3.10. The molecule has 2 aliphatic rings. The lowest BCUT2D eigenvalue weighted by atomic mass is 9.99. The molecule has 2 aromatic heterocycles. The molecule has 2 aliphatic heterocycles. The highest BCUT2D eigenvalue weighted by atomic mass is 32.2. The van der Waals surface area contributed by atoms with Crippen molar-refractivity contribution in [2.24, 2.45) is 0 Å². The summed E-state index contributed by atoms with van der Waals surface area (Å²) >= 11 is 0. The minimum absolute atomic E-state index is 0.0468. The van der Waals surface area contributed by atoms with Crippen LogP contribution in [0.1, 0.15) is 41.5 Å². The molecule has 9 heteroatoms. The van der Waals surface area contributed by atoms with Crippen LogP contribution < -0.4 is 0 Å². The fourth-order valence-electron chi connectivity index (χ4n) is 3.69. The molecule has 0 radical (unpaired) electrons. The minimum Gasteiger partial charge on any atom is -0.303 e. The monoisotopic (exact) mass is 378 g/mol. The molecule has 8 nitrogen and oxygen atoms in total. The van der Waals surface area contributed by atoms with E-state index in [1.807, 2.05) is 28.8 Å². The first-order valence-electron chi connectivity index (χ1n) is 8.82. The fourth-order valence-corrected chi connectivity index (χ4v) is 4.60. The van der Waals surface area contributed by atoms with Gasteiger partial charge in [-0.25, -0.2) is 22.8 Å². The molecule has 0 aliphatic carbocycles. The number of amides is 1. The summed E-state index contributed by atoms with van der Waals surface area (Å²) in [5.74, 6) is 0.444. The van der Waals surface area contributed by atoms with E-state index in [2.05, 4.69) is 4.98 Å². The normalized spacial score (nSPS) is 22.2. The standard InChI is InChI=1S/C17H22N4O4S/c1-26(23,24)19-8-4-6-13(12-19)16-18-15(14-7-2-3-9-20(14)16)17(22)21-10-5-11-25-21/h2-3,7,9,13H,4-6,8,10-12H2,1H3/t13-/m0/s1. The number of aromatic nitrogens is 2. The summed E-state index contributed by atoms with van der Waals surface area (Å²) in [5.41, 5.74) is 1.08. The van der Waals surface area contributed by atoms with Gasteiger partial charge >= 0.3 is 0 Å². The predicted molar refractivity (Wildman–Crippen MR) is 95.2 cm³/mol. The smallest absolute Gasteiger partial charge is 0.298 e. The van der Waals surface area contributed by atoms with E-state index in [0.717, 1.165) is 30.6 Å². The van der Waals surface area contributed by atoms with Gasteiger partial charge in [0.15, 0.2) is 5.69 Å². The highest BCUT2D eigenvalue weighted by Gasteiger charge is 2.32. The molecule has 4 rings (SSSR count). The molecule has 2 fully saturated rings. The van der Waals surface area contributed by atoms with Crippen molar-refractivity contribution in [3.63, 3.8) is 0 Å². The van der Waals surface area contributed by atoms with Gasteiger partial charge in [0.05, 0.1) is 24.9 Å². The van der Waals surface area contributed by atoms with Gasteiger partial charge in [0.25, 0.3) is 5.91 Å². The van der Waals surface area contributed by atoms with E-state index in [1.165, 1.54) is 15.6 Å². The Balaban J connectivity index is 1.72. The molecule has 1 atom stereocenters. The number of nitrogens with zero attached hydrogens (tertiary/aromatic N) is 4. The van der Waals surface area contributed by atoms with Crippen LogP contribution in [-0.2, 0) is 14.9 Å². The zero-order valence-corrected chi connectivity index (χ0v) is 15.5. The van der Waals surface area contributed by atoms with Gasteiger partial charge in [-0.15, -0.1) is 0 Å². The summed E-state index contributed by atoms with van der Waals surface area (Å²) in [7, 11) is -3.24. The molecular formula is C17H22N4O4S. The molecule has 0 spiro atoms. The van der Waals surface area contributed by atoms with E-state index in [-0.39, 0.29) is 11.8 Å². The van der Waals surface area contributed by atoms with Crippen LogP contribution >= 0.6 is 0 Å². The lowest BCUT2D eigenvalue weighted by Crippen LogP contribution is -2.38. The zero-order chi connectivity index (χ0) is 18.3. The van der Waals surface area contributed by atoms with E-state index in [9.17, 15) is 13.2 Å². The quantitative estimate of drug-likeness (QED) is 0.803. The number of fused-ring (bicyclic) bond motifs is 1. The highest BCUT2D eigenvalue weighted by molar-refractivity contribution is 7.88. The third-order valence-electron chi connectivity index (χ3n) is 4.98. The van der Waals surface area contributed by atoms with Crippen LogP contribution in [0.2, 0.25) is 0 Å². The third-order valence-corrected chi connectivity index (χ3v) is 6.25. The van der Waals surface area contributed by atoms with Crippen molar-refractivity contribution in [1.29, 1.82) is 0 Å². The molecule has 2 saturated heterocycles. The highest BCUT2D eigenvalue weighted by Crippen LogP contribution is 2.29. The summed E-state index contributed by atoms with van der Waals surface area (Å²) < 4.78 is 27.3. The summed E-state index contributed by atoms with van der Waals surface area (Å²) in [6.45, 7) is 2.02. The van der Waals surface area contributed by atoms with Crippen molar-refractivity contribution in [3.8, 4) is 0 Å². The number of pyridine rings is 1. The van der Waals surface area contributed by atoms with E-state index in [4.69, 9.17) is 4.84 Å². The molecular weight excluding hydrogens is 356 g/mol. The first-order valence-corrected chi connectivity index (χ1v) is 10.7. The molecule has 0 saturated carbocycles. The Hall–Kier alpha value is -1.97. The van der Waals surface area contributed by atoms with Crippen molar-refractivity contribution in [3.05, 3.63) is 35.9 Å². The van der Waals surface area contributed by atoms with E-state index in [1.54, 1.807) is 0 Å². The average Bonchev–Trinajstić information content (AvgIpc) is 3.29. The molecule has 4 heterocycles. The van der Waals surface area contributed by atoms with Crippen molar-refractivity contribution in [1.82, 2.24) is 18.8 Å². The SMILES string of the molecule is CS(=O)(=O)N1CCC[C@H](c2nc(C(=O)N3CCCO3)c3ccccn23)C1. The maximum absolute atomic E-state index is 12.8. The van der Waals surface area contributed by atoms with Crippen molar-refractivity contribution >= 4 is 21.4 Å². The van der Waals surface area contributed by atoms with E-state index in [0.29, 0.717) is 31.9 Å². The number of sulfonamides is 1. The fraction of sp³-hybridized carbons (Fsp3) is 0.529. The molecule has 0 aromatic carbocycles. The van der Waals surface area contributed by atoms with Gasteiger partial charge in [0.1, 0.15) is 5.82 Å². The number of hydrogen-bond acceptors (Lipinski definition) is 5. The summed E-state index contributed by atoms with van der Waals surface area (Å²) in [4.78, 5) is 22.8. The topological polar surface area (TPSA) is 84.2 Å². The Morgan fingerprint density at radius 3 is 2.85 bits per heavy atom. The van der Waals surface area contributed by atoms with Gasteiger partial charge in [-0.3, -0.25) is 9.63 Å². The van der Waals surface area contributed by atoms with Crippen molar-refractivity contribution in [2.45, 2.75) is 25.2 Å². The van der Waals surface area contributed by atoms with Crippen molar-refractivity contribution in [2.75, 3.05) is 32.5 Å². The molecule has 0 bridgehead atoms. The number of carbonyl (C=O) groups is 1. The van der Waals surface area contributed by atoms with Crippen LogP contribution in [0.4, 0.5) is 0 Å². The maximum atomic E-state index is 12.8. The summed E-state index contributed by atoms with van der Waals surface area (Å²) in [6.07, 6.45) is 5.54. The zero-order valence-electron chi connectivity index (χ0n) is 14.7. The second-order valence-corrected chi connectivity index (χ2v) is 8.81. The number of imidazole rings is 1. The van der Waals surface area contributed by atoms with Gasteiger partial charge in [-0.2, -0.15) is 0 Å². The molecule has 26 heavy (non-hydrogen) atoms. The lowest BCUT2D eigenvalue weighted by Gasteiger charge is -2.30. The van der Waals surface area contributed by atoms with Crippen LogP contribution in [0.5, 0.6) is 0 Å². The number of carbonyl (C=O) groups excluding carboxylic acids is 1. The maximum Gasteiger partial charge on any atom is 0.298 e. The molecule has 140 valence electrons. The largest absolute Gasteiger partial charge is 0.303 e. The summed E-state index contributed by atoms with van der Waals surface area (Å²) in [5, 5.41) is 1.36. The van der Waals surface area contributed by atoms with Crippen LogP contribution in [0.3, 0.4) is 0 Å². The summed E-state index contributed by atoms with van der Waals surface area (Å²) in [6, 6.07) is 5.61. The number of piperidine rings is 1. The van der Waals surface area contributed by atoms with Crippen LogP contribution in [0.25, 0.3) is 5.52 Å². The molecule has 1 amide bonds. The molecule has 0 N–H and O–H groups in total. The molecule has 0 unspecified atom stereocenters. The Bertz CT molecular complexity index is 933. The average molecular weight is 378 g/mol. The Labute approximate surface area is 152 Å². The van der Waals surface area contributed by atoms with Gasteiger partial charge < -0.3 is 4.40 Å². The Morgan fingerprint density at radius 2 is 2.12 bits per heavy atom. The number of hydroxylamine groups is 2. The Kier molecular flexibility index (Phi) is 4.45. The van der Waals surface area contributed by atoms with E-state index < -0.39 is 10.0 Å². The van der Waals surface area contributed by atoms with Gasteiger partial charge in [-0.1, -0.05) is 6.07 Å². The first kappa shape index (κ1) is 17.4. The Morgan fingerprint density at radius 1 is 1.27 bits per heavy atom. The molecule has 2 aromatic rings. The first-order chi connectivity index (χ1) is 12.4. The number of hydrogen-bond donors (Lipinski definition) is 0.